The van der Waals surface area contributed by atoms with Crippen molar-refractivity contribution in [3.8, 4) is 0 Å². The SMILES string of the molecule is Cc1cccc2scc(CC(N)=O)c12. The molecule has 0 aliphatic rings. The second kappa shape index (κ2) is 3.42. The zero-order valence-corrected chi connectivity index (χ0v) is 8.73. The second-order valence-electron chi connectivity index (χ2n) is 3.35. The lowest BCUT2D eigenvalue weighted by Gasteiger charge is -1.99. The third-order valence-corrected chi connectivity index (χ3v) is 3.25. The van der Waals surface area contributed by atoms with Gasteiger partial charge in [0, 0.05) is 4.70 Å². The first-order valence-corrected chi connectivity index (χ1v) is 5.30. The molecule has 0 aliphatic heterocycles. The molecule has 1 amide bonds. The molecule has 2 rings (SSSR count). The second-order valence-corrected chi connectivity index (χ2v) is 4.26. The maximum Gasteiger partial charge on any atom is 0.221 e. The maximum atomic E-state index is 10.8. The van der Waals surface area contributed by atoms with E-state index >= 15 is 0 Å². The van der Waals surface area contributed by atoms with E-state index < -0.39 is 0 Å². The van der Waals surface area contributed by atoms with Gasteiger partial charge in [0.15, 0.2) is 0 Å². The highest BCUT2D eigenvalue weighted by Gasteiger charge is 2.07. The minimum absolute atomic E-state index is 0.270. The van der Waals surface area contributed by atoms with Gasteiger partial charge in [-0.05, 0) is 34.9 Å². The van der Waals surface area contributed by atoms with Gasteiger partial charge in [-0.3, -0.25) is 4.79 Å². The highest BCUT2D eigenvalue weighted by Crippen LogP contribution is 2.28. The van der Waals surface area contributed by atoms with Gasteiger partial charge in [0.25, 0.3) is 0 Å². The minimum atomic E-state index is -0.270. The molecule has 2 N–H and O–H groups in total. The lowest BCUT2D eigenvalue weighted by atomic mass is 10.1. The van der Waals surface area contributed by atoms with Crippen molar-refractivity contribution in [1.29, 1.82) is 0 Å². The van der Waals surface area contributed by atoms with Crippen molar-refractivity contribution < 1.29 is 4.79 Å². The lowest BCUT2D eigenvalue weighted by molar-refractivity contribution is -0.117. The average molecular weight is 205 g/mol. The summed E-state index contributed by atoms with van der Waals surface area (Å²) in [5.41, 5.74) is 7.45. The van der Waals surface area contributed by atoms with Crippen molar-refractivity contribution in [2.75, 3.05) is 0 Å². The summed E-state index contributed by atoms with van der Waals surface area (Å²) in [6, 6.07) is 6.15. The number of carbonyl (C=O) groups is 1. The Morgan fingerprint density at radius 1 is 1.50 bits per heavy atom. The molecule has 1 heterocycles. The van der Waals surface area contributed by atoms with Gasteiger partial charge in [0.2, 0.25) is 5.91 Å². The first-order valence-electron chi connectivity index (χ1n) is 4.42. The van der Waals surface area contributed by atoms with Crippen LogP contribution in [-0.4, -0.2) is 5.91 Å². The Bertz CT molecular complexity index is 487. The summed E-state index contributed by atoms with van der Waals surface area (Å²) in [6.45, 7) is 2.06. The van der Waals surface area contributed by atoms with Crippen molar-refractivity contribution >= 4 is 27.3 Å². The number of carbonyl (C=O) groups excluding carboxylic acids is 1. The molecular formula is C11H11NOS. The van der Waals surface area contributed by atoms with E-state index in [0.29, 0.717) is 6.42 Å². The molecule has 0 bridgehead atoms. The Kier molecular flexibility index (Phi) is 2.25. The van der Waals surface area contributed by atoms with E-state index in [2.05, 4.69) is 19.1 Å². The molecule has 0 spiro atoms. The Balaban J connectivity index is 2.61. The summed E-state index contributed by atoms with van der Waals surface area (Å²) in [5.74, 6) is -0.270. The summed E-state index contributed by atoms with van der Waals surface area (Å²) in [7, 11) is 0. The van der Waals surface area contributed by atoms with Crippen LogP contribution in [0.2, 0.25) is 0 Å². The van der Waals surface area contributed by atoms with E-state index in [4.69, 9.17) is 5.73 Å². The van der Waals surface area contributed by atoms with Crippen LogP contribution in [0.3, 0.4) is 0 Å². The van der Waals surface area contributed by atoms with Gasteiger partial charge in [-0.1, -0.05) is 12.1 Å². The monoisotopic (exact) mass is 205 g/mol. The quantitative estimate of drug-likeness (QED) is 0.802. The number of fused-ring (bicyclic) bond motifs is 1. The summed E-state index contributed by atoms with van der Waals surface area (Å²) < 4.78 is 1.22. The van der Waals surface area contributed by atoms with E-state index in [1.54, 1.807) is 11.3 Å². The molecule has 1 aromatic heterocycles. The van der Waals surface area contributed by atoms with E-state index in [1.807, 2.05) is 11.4 Å². The Morgan fingerprint density at radius 2 is 2.29 bits per heavy atom. The van der Waals surface area contributed by atoms with Crippen molar-refractivity contribution in [3.05, 3.63) is 34.7 Å². The van der Waals surface area contributed by atoms with E-state index in [0.717, 1.165) is 5.56 Å². The van der Waals surface area contributed by atoms with Crippen LogP contribution in [0.25, 0.3) is 10.1 Å². The topological polar surface area (TPSA) is 43.1 Å². The molecule has 1 aromatic carbocycles. The predicted molar refractivity (Wildman–Crippen MR) is 59.5 cm³/mol. The number of primary amides is 1. The van der Waals surface area contributed by atoms with Gasteiger partial charge in [-0.25, -0.2) is 0 Å². The molecule has 2 aromatic rings. The van der Waals surface area contributed by atoms with Crippen molar-refractivity contribution in [3.63, 3.8) is 0 Å². The van der Waals surface area contributed by atoms with Crippen molar-refractivity contribution in [2.45, 2.75) is 13.3 Å². The fourth-order valence-corrected chi connectivity index (χ4v) is 2.70. The molecule has 0 fully saturated rings. The van der Waals surface area contributed by atoms with Crippen molar-refractivity contribution in [1.82, 2.24) is 0 Å². The predicted octanol–water partition coefficient (Wildman–Crippen LogP) is 2.24. The van der Waals surface area contributed by atoms with Gasteiger partial charge in [0.1, 0.15) is 0 Å². The molecular weight excluding hydrogens is 194 g/mol. The first-order chi connectivity index (χ1) is 6.68. The number of thiophene rings is 1. The number of hydrogen-bond acceptors (Lipinski definition) is 2. The molecule has 14 heavy (non-hydrogen) atoms. The highest BCUT2D eigenvalue weighted by molar-refractivity contribution is 7.17. The highest BCUT2D eigenvalue weighted by atomic mass is 32.1. The zero-order valence-electron chi connectivity index (χ0n) is 7.91. The first kappa shape index (κ1) is 9.21. The summed E-state index contributed by atoms with van der Waals surface area (Å²) >= 11 is 1.66. The summed E-state index contributed by atoms with van der Waals surface area (Å²) in [6.07, 6.45) is 0.338. The van der Waals surface area contributed by atoms with Crippen LogP contribution in [0.5, 0.6) is 0 Å². The van der Waals surface area contributed by atoms with Crippen LogP contribution in [-0.2, 0) is 11.2 Å². The molecule has 2 nitrogen and oxygen atoms in total. The summed E-state index contributed by atoms with van der Waals surface area (Å²) in [4.78, 5) is 10.8. The number of aryl methyl sites for hydroxylation is 1. The van der Waals surface area contributed by atoms with Crippen LogP contribution >= 0.6 is 11.3 Å². The molecule has 0 radical (unpaired) electrons. The van der Waals surface area contributed by atoms with Crippen LogP contribution in [0, 0.1) is 6.92 Å². The van der Waals surface area contributed by atoms with E-state index in [1.165, 1.54) is 15.6 Å². The number of amides is 1. The summed E-state index contributed by atoms with van der Waals surface area (Å²) in [5, 5.41) is 3.21. The molecule has 0 unspecified atom stereocenters. The third-order valence-electron chi connectivity index (χ3n) is 2.25. The fraction of sp³-hybridized carbons (Fsp3) is 0.182. The number of nitrogens with two attached hydrogens (primary N) is 1. The normalized spacial score (nSPS) is 10.6. The lowest BCUT2D eigenvalue weighted by Crippen LogP contribution is -2.13. The molecule has 3 heteroatoms. The molecule has 0 aliphatic carbocycles. The standard InChI is InChI=1S/C11H11NOS/c1-7-3-2-4-9-11(7)8(6-14-9)5-10(12)13/h2-4,6H,5H2,1H3,(H2,12,13). The average Bonchev–Trinajstić information content (AvgIpc) is 2.49. The molecule has 0 atom stereocenters. The van der Waals surface area contributed by atoms with Crippen molar-refractivity contribution in [2.24, 2.45) is 5.73 Å². The van der Waals surface area contributed by atoms with Crippen LogP contribution in [0.4, 0.5) is 0 Å². The Hall–Kier alpha value is -1.35. The van der Waals surface area contributed by atoms with Crippen LogP contribution < -0.4 is 5.73 Å². The van der Waals surface area contributed by atoms with Crippen LogP contribution in [0.15, 0.2) is 23.6 Å². The smallest absolute Gasteiger partial charge is 0.221 e. The van der Waals surface area contributed by atoms with E-state index in [-0.39, 0.29) is 5.91 Å². The largest absolute Gasteiger partial charge is 0.369 e. The number of benzene rings is 1. The Morgan fingerprint density at radius 3 is 3.00 bits per heavy atom. The van der Waals surface area contributed by atoms with Gasteiger partial charge >= 0.3 is 0 Å². The maximum absolute atomic E-state index is 10.8. The number of rotatable bonds is 2. The number of hydrogen-bond donors (Lipinski definition) is 1. The zero-order chi connectivity index (χ0) is 10.1. The third kappa shape index (κ3) is 1.51. The Labute approximate surface area is 86.3 Å². The van der Waals surface area contributed by atoms with Crippen LogP contribution in [0.1, 0.15) is 11.1 Å². The van der Waals surface area contributed by atoms with Gasteiger partial charge in [-0.2, -0.15) is 0 Å². The van der Waals surface area contributed by atoms with Gasteiger partial charge < -0.3 is 5.73 Å². The van der Waals surface area contributed by atoms with E-state index in [9.17, 15) is 4.79 Å². The fourth-order valence-electron chi connectivity index (χ4n) is 1.66. The van der Waals surface area contributed by atoms with Gasteiger partial charge in [-0.15, -0.1) is 11.3 Å². The molecule has 0 saturated heterocycles. The molecule has 72 valence electrons. The molecule has 0 saturated carbocycles. The minimum Gasteiger partial charge on any atom is -0.369 e. The van der Waals surface area contributed by atoms with Gasteiger partial charge in [0.05, 0.1) is 6.42 Å².